The Morgan fingerprint density at radius 2 is 1.89 bits per heavy atom. The van der Waals surface area contributed by atoms with Crippen LogP contribution in [0.5, 0.6) is 0 Å². The molecule has 102 valence electrons. The molecule has 2 unspecified atom stereocenters. The van der Waals surface area contributed by atoms with Crippen molar-refractivity contribution in [3.8, 4) is 0 Å². The number of hydrogen-bond acceptors (Lipinski definition) is 2. The molecule has 0 radical (unpaired) electrons. The number of benzene rings is 1. The number of nitrogens with one attached hydrogen (secondary N) is 1. The van der Waals surface area contributed by atoms with Gasteiger partial charge in [0.15, 0.2) is 0 Å². The van der Waals surface area contributed by atoms with Crippen LogP contribution < -0.4 is 5.32 Å². The number of aliphatic hydroxyl groups is 1. The van der Waals surface area contributed by atoms with Crippen LogP contribution in [0.25, 0.3) is 0 Å². The molecule has 0 amide bonds. The van der Waals surface area contributed by atoms with Crippen molar-refractivity contribution >= 4 is 11.6 Å². The molecule has 2 N–H and O–H groups in total. The van der Waals surface area contributed by atoms with Gasteiger partial charge in [0.25, 0.3) is 0 Å². The minimum Gasteiger partial charge on any atom is -0.396 e. The molecule has 1 aromatic rings. The van der Waals surface area contributed by atoms with Crippen molar-refractivity contribution in [2.45, 2.75) is 39.2 Å². The molecule has 0 aromatic heterocycles. The summed E-state index contributed by atoms with van der Waals surface area (Å²) in [6.45, 7) is 5.58. The Morgan fingerprint density at radius 1 is 1.22 bits per heavy atom. The van der Waals surface area contributed by atoms with Crippen LogP contribution in [0.2, 0.25) is 5.02 Å². The molecule has 0 saturated carbocycles. The third-order valence-corrected chi connectivity index (χ3v) is 3.57. The second-order valence-corrected chi connectivity index (χ2v) is 5.28. The molecule has 18 heavy (non-hydrogen) atoms. The van der Waals surface area contributed by atoms with Gasteiger partial charge in [-0.1, -0.05) is 37.1 Å². The van der Waals surface area contributed by atoms with Crippen molar-refractivity contribution < 1.29 is 5.11 Å². The fraction of sp³-hybridized carbons (Fsp3) is 0.600. The van der Waals surface area contributed by atoms with Crippen LogP contribution >= 0.6 is 11.6 Å². The minimum atomic E-state index is 0.279. The molecule has 0 heterocycles. The van der Waals surface area contributed by atoms with Gasteiger partial charge in [-0.05, 0) is 49.9 Å². The summed E-state index contributed by atoms with van der Waals surface area (Å²) < 4.78 is 0. The number of halogens is 1. The zero-order valence-electron chi connectivity index (χ0n) is 11.3. The second-order valence-electron chi connectivity index (χ2n) is 4.85. The second kappa shape index (κ2) is 8.52. The van der Waals surface area contributed by atoms with E-state index in [1.807, 2.05) is 12.1 Å². The molecule has 2 atom stereocenters. The first kappa shape index (κ1) is 15.5. The van der Waals surface area contributed by atoms with Gasteiger partial charge in [0.2, 0.25) is 0 Å². The van der Waals surface area contributed by atoms with Crippen molar-refractivity contribution in [3.63, 3.8) is 0 Å². The van der Waals surface area contributed by atoms with E-state index >= 15 is 0 Å². The smallest absolute Gasteiger partial charge is 0.0434 e. The highest BCUT2D eigenvalue weighted by Crippen LogP contribution is 2.17. The van der Waals surface area contributed by atoms with Crippen LogP contribution in [0.4, 0.5) is 0 Å². The van der Waals surface area contributed by atoms with E-state index in [1.165, 1.54) is 18.4 Å². The lowest BCUT2D eigenvalue weighted by Gasteiger charge is -2.20. The fourth-order valence-electron chi connectivity index (χ4n) is 2.15. The lowest BCUT2D eigenvalue weighted by molar-refractivity contribution is 0.246. The third-order valence-electron chi connectivity index (χ3n) is 3.32. The van der Waals surface area contributed by atoms with E-state index < -0.39 is 0 Å². The summed E-state index contributed by atoms with van der Waals surface area (Å²) in [5, 5.41) is 13.3. The van der Waals surface area contributed by atoms with Gasteiger partial charge in [-0.3, -0.25) is 0 Å². The van der Waals surface area contributed by atoms with Crippen molar-refractivity contribution in [2.75, 3.05) is 13.2 Å². The highest BCUT2D eigenvalue weighted by atomic mass is 35.5. The summed E-state index contributed by atoms with van der Waals surface area (Å²) in [7, 11) is 0. The Morgan fingerprint density at radius 3 is 2.44 bits per heavy atom. The van der Waals surface area contributed by atoms with Crippen LogP contribution in [0.3, 0.4) is 0 Å². The van der Waals surface area contributed by atoms with Crippen LogP contribution in [0.1, 0.15) is 44.7 Å². The maximum atomic E-state index is 9.03. The largest absolute Gasteiger partial charge is 0.396 e. The zero-order valence-corrected chi connectivity index (χ0v) is 12.1. The first-order valence-electron chi connectivity index (χ1n) is 6.77. The first-order chi connectivity index (χ1) is 8.67. The van der Waals surface area contributed by atoms with Crippen molar-refractivity contribution in [3.05, 3.63) is 34.9 Å². The van der Waals surface area contributed by atoms with Gasteiger partial charge in [-0.2, -0.15) is 0 Å². The summed E-state index contributed by atoms with van der Waals surface area (Å²) >= 11 is 5.88. The molecule has 0 aliphatic rings. The maximum absolute atomic E-state index is 9.03. The number of aliphatic hydroxyl groups excluding tert-OH is 1. The van der Waals surface area contributed by atoms with E-state index in [0.29, 0.717) is 12.0 Å². The van der Waals surface area contributed by atoms with E-state index in [0.717, 1.165) is 18.0 Å². The third kappa shape index (κ3) is 5.38. The highest BCUT2D eigenvalue weighted by molar-refractivity contribution is 6.30. The highest BCUT2D eigenvalue weighted by Gasteiger charge is 2.10. The SMILES string of the molecule is CCCC(CCO)CNC(C)c1ccc(Cl)cc1. The molecule has 0 aliphatic heterocycles. The van der Waals surface area contributed by atoms with Gasteiger partial charge in [0.1, 0.15) is 0 Å². The number of hydrogen-bond donors (Lipinski definition) is 2. The molecule has 1 aromatic carbocycles. The van der Waals surface area contributed by atoms with Gasteiger partial charge in [-0.15, -0.1) is 0 Å². The standard InChI is InChI=1S/C15H24ClNO/c1-3-4-13(9-10-18)11-17-12(2)14-5-7-15(16)8-6-14/h5-8,12-13,17-18H,3-4,9-11H2,1-2H3. The van der Waals surface area contributed by atoms with Gasteiger partial charge in [0, 0.05) is 17.7 Å². The number of rotatable bonds is 8. The van der Waals surface area contributed by atoms with E-state index in [-0.39, 0.29) is 6.61 Å². The molecule has 1 rings (SSSR count). The summed E-state index contributed by atoms with van der Waals surface area (Å²) in [5.74, 6) is 0.565. The van der Waals surface area contributed by atoms with E-state index in [2.05, 4.69) is 31.3 Å². The van der Waals surface area contributed by atoms with E-state index in [1.54, 1.807) is 0 Å². The van der Waals surface area contributed by atoms with Crippen LogP contribution in [-0.4, -0.2) is 18.3 Å². The van der Waals surface area contributed by atoms with Crippen LogP contribution in [-0.2, 0) is 0 Å². The zero-order chi connectivity index (χ0) is 13.4. The Labute approximate surface area is 115 Å². The average molecular weight is 270 g/mol. The molecular weight excluding hydrogens is 246 g/mol. The fourth-order valence-corrected chi connectivity index (χ4v) is 2.28. The van der Waals surface area contributed by atoms with Crippen molar-refractivity contribution in [1.29, 1.82) is 0 Å². The normalized spacial score (nSPS) is 14.4. The average Bonchev–Trinajstić information content (AvgIpc) is 2.37. The quantitative estimate of drug-likeness (QED) is 0.753. The van der Waals surface area contributed by atoms with Gasteiger partial charge < -0.3 is 10.4 Å². The minimum absolute atomic E-state index is 0.279. The maximum Gasteiger partial charge on any atom is 0.0434 e. The molecule has 0 spiro atoms. The molecule has 2 nitrogen and oxygen atoms in total. The molecule has 0 aliphatic carbocycles. The Balaban J connectivity index is 2.43. The molecule has 3 heteroatoms. The van der Waals surface area contributed by atoms with Crippen molar-refractivity contribution in [1.82, 2.24) is 5.32 Å². The van der Waals surface area contributed by atoms with Gasteiger partial charge in [0.05, 0.1) is 0 Å². The summed E-state index contributed by atoms with van der Waals surface area (Å²) in [6, 6.07) is 8.28. The lowest BCUT2D eigenvalue weighted by atomic mass is 9.99. The van der Waals surface area contributed by atoms with Crippen molar-refractivity contribution in [2.24, 2.45) is 5.92 Å². The molecule has 0 bridgehead atoms. The molecular formula is C15H24ClNO. The lowest BCUT2D eigenvalue weighted by Crippen LogP contribution is -2.26. The molecule has 0 saturated heterocycles. The topological polar surface area (TPSA) is 32.3 Å². The van der Waals surface area contributed by atoms with E-state index in [4.69, 9.17) is 16.7 Å². The summed E-state index contributed by atoms with van der Waals surface area (Å²) in [5.41, 5.74) is 1.25. The van der Waals surface area contributed by atoms with E-state index in [9.17, 15) is 0 Å². The summed E-state index contributed by atoms with van der Waals surface area (Å²) in [4.78, 5) is 0. The predicted octanol–water partition coefficient (Wildman–Crippen LogP) is 3.79. The monoisotopic (exact) mass is 269 g/mol. The summed E-state index contributed by atoms with van der Waals surface area (Å²) in [6.07, 6.45) is 3.22. The first-order valence-corrected chi connectivity index (χ1v) is 7.14. The predicted molar refractivity (Wildman–Crippen MR) is 78.0 cm³/mol. The Bertz CT molecular complexity index is 320. The molecule has 0 fully saturated rings. The van der Waals surface area contributed by atoms with Crippen LogP contribution in [0.15, 0.2) is 24.3 Å². The van der Waals surface area contributed by atoms with Crippen LogP contribution in [0, 0.1) is 5.92 Å². The Kier molecular flexibility index (Phi) is 7.33. The van der Waals surface area contributed by atoms with Gasteiger partial charge in [-0.25, -0.2) is 0 Å². The Hall–Kier alpha value is -0.570. The van der Waals surface area contributed by atoms with Gasteiger partial charge >= 0.3 is 0 Å².